The lowest BCUT2D eigenvalue weighted by molar-refractivity contribution is -0.134. The molecule has 0 atom stereocenters. The number of halogens is 6. The summed E-state index contributed by atoms with van der Waals surface area (Å²) in [4.78, 5) is 7.32. The molecule has 0 aliphatic heterocycles. The maximum atomic E-state index is 11.9. The van der Waals surface area contributed by atoms with Crippen LogP contribution in [0.25, 0.3) is 0 Å². The smallest absolute Gasteiger partial charge is 0.220 e. The van der Waals surface area contributed by atoms with E-state index < -0.39 is 12.6 Å². The van der Waals surface area contributed by atoms with Crippen LogP contribution >= 0.6 is 39.1 Å². The normalized spacial score (nSPS) is 11.9. The maximum Gasteiger partial charge on any atom is 0.389 e. The van der Waals surface area contributed by atoms with Gasteiger partial charge >= 0.3 is 6.18 Å². The molecule has 0 radical (unpaired) electrons. The average molecular weight is 324 g/mol. The van der Waals surface area contributed by atoms with Crippen LogP contribution in [0.3, 0.4) is 0 Å². The maximum absolute atomic E-state index is 11.9. The molecule has 2 nitrogen and oxygen atoms in total. The first-order valence-electron chi connectivity index (χ1n) is 3.74. The van der Waals surface area contributed by atoms with E-state index in [4.69, 9.17) is 23.2 Å². The van der Waals surface area contributed by atoms with Gasteiger partial charge in [-0.05, 0) is 15.9 Å². The first-order chi connectivity index (χ1) is 6.79. The van der Waals surface area contributed by atoms with Gasteiger partial charge in [-0.25, -0.2) is 9.97 Å². The quantitative estimate of drug-likeness (QED) is 0.768. The fourth-order valence-electron chi connectivity index (χ4n) is 0.800. The molecule has 0 bridgehead atoms. The van der Waals surface area contributed by atoms with E-state index in [-0.39, 0.29) is 27.0 Å². The Balaban J connectivity index is 2.80. The zero-order chi connectivity index (χ0) is 11.6. The summed E-state index contributed by atoms with van der Waals surface area (Å²) in [6.07, 6.45) is -5.58. The topological polar surface area (TPSA) is 25.8 Å². The zero-order valence-electron chi connectivity index (χ0n) is 7.08. The van der Waals surface area contributed by atoms with Gasteiger partial charge in [0.1, 0.15) is 16.1 Å². The van der Waals surface area contributed by atoms with Crippen molar-refractivity contribution in [1.29, 1.82) is 0 Å². The number of alkyl halides is 3. The third-order valence-corrected chi connectivity index (χ3v) is 3.20. The molecular formula is C7H4BrCl2F3N2. The molecule has 1 aromatic heterocycles. The highest BCUT2D eigenvalue weighted by Gasteiger charge is 2.27. The molecule has 0 N–H and O–H groups in total. The van der Waals surface area contributed by atoms with Crippen molar-refractivity contribution in [3.05, 3.63) is 20.6 Å². The number of aryl methyl sites for hydroxylation is 1. The van der Waals surface area contributed by atoms with Crippen molar-refractivity contribution in [3.8, 4) is 0 Å². The first-order valence-corrected chi connectivity index (χ1v) is 5.28. The molecule has 1 rings (SSSR count). The summed E-state index contributed by atoms with van der Waals surface area (Å²) < 4.78 is 36.0. The van der Waals surface area contributed by atoms with Gasteiger partial charge in [0.15, 0.2) is 0 Å². The van der Waals surface area contributed by atoms with Gasteiger partial charge in [-0.3, -0.25) is 0 Å². The van der Waals surface area contributed by atoms with Gasteiger partial charge in [-0.1, -0.05) is 23.2 Å². The van der Waals surface area contributed by atoms with Crippen molar-refractivity contribution in [2.24, 2.45) is 0 Å². The van der Waals surface area contributed by atoms with Gasteiger partial charge in [-0.15, -0.1) is 0 Å². The van der Waals surface area contributed by atoms with Crippen LogP contribution in [0.1, 0.15) is 12.2 Å². The highest BCUT2D eigenvalue weighted by molar-refractivity contribution is 9.10. The summed E-state index contributed by atoms with van der Waals surface area (Å²) in [5.41, 5.74) is 0. The highest BCUT2D eigenvalue weighted by atomic mass is 79.9. The fourth-order valence-corrected chi connectivity index (χ4v) is 1.40. The molecule has 8 heteroatoms. The Morgan fingerprint density at radius 1 is 1.13 bits per heavy atom. The molecule has 0 aliphatic rings. The van der Waals surface area contributed by atoms with Gasteiger partial charge in [-0.2, -0.15) is 13.2 Å². The minimum atomic E-state index is -4.24. The predicted octanol–water partition coefficient (Wildman–Crippen LogP) is 4.04. The Morgan fingerprint density at radius 2 is 1.60 bits per heavy atom. The summed E-state index contributed by atoms with van der Waals surface area (Å²) in [7, 11) is 0. The van der Waals surface area contributed by atoms with E-state index in [0.717, 1.165) is 0 Å². The van der Waals surface area contributed by atoms with Crippen molar-refractivity contribution < 1.29 is 13.2 Å². The van der Waals surface area contributed by atoms with Crippen LogP contribution in [-0.2, 0) is 6.42 Å². The molecule has 0 fully saturated rings. The predicted molar refractivity (Wildman–Crippen MR) is 54.1 cm³/mol. The second-order valence-electron chi connectivity index (χ2n) is 2.65. The molecule has 84 valence electrons. The monoisotopic (exact) mass is 322 g/mol. The number of rotatable bonds is 2. The van der Waals surface area contributed by atoms with Crippen LogP contribution in [0.15, 0.2) is 4.47 Å². The van der Waals surface area contributed by atoms with Gasteiger partial charge in [0.2, 0.25) is 0 Å². The highest BCUT2D eigenvalue weighted by Crippen LogP contribution is 2.28. The molecule has 1 aromatic rings. The van der Waals surface area contributed by atoms with E-state index in [2.05, 4.69) is 25.9 Å². The van der Waals surface area contributed by atoms with Gasteiger partial charge < -0.3 is 0 Å². The third kappa shape index (κ3) is 4.12. The summed E-state index contributed by atoms with van der Waals surface area (Å²) in [6.45, 7) is 0. The van der Waals surface area contributed by atoms with Gasteiger partial charge in [0, 0.05) is 6.42 Å². The third-order valence-electron chi connectivity index (χ3n) is 1.45. The fraction of sp³-hybridized carbons (Fsp3) is 0.429. The van der Waals surface area contributed by atoms with Crippen LogP contribution in [0.4, 0.5) is 13.2 Å². The SMILES string of the molecule is FC(F)(F)CCc1nc(Cl)c(Br)c(Cl)n1. The lowest BCUT2D eigenvalue weighted by Gasteiger charge is -2.06. The number of nitrogens with zero attached hydrogens (tertiary/aromatic N) is 2. The van der Waals surface area contributed by atoms with E-state index in [1.54, 1.807) is 0 Å². The average Bonchev–Trinajstić information content (AvgIpc) is 2.09. The van der Waals surface area contributed by atoms with Gasteiger partial charge in [0.25, 0.3) is 0 Å². The van der Waals surface area contributed by atoms with Crippen LogP contribution in [-0.4, -0.2) is 16.1 Å². The molecule has 0 spiro atoms. The Labute approximate surface area is 102 Å². The van der Waals surface area contributed by atoms with Gasteiger partial charge in [0.05, 0.1) is 10.9 Å². The van der Waals surface area contributed by atoms with E-state index in [9.17, 15) is 13.2 Å². The Morgan fingerprint density at radius 3 is 2.00 bits per heavy atom. The minimum Gasteiger partial charge on any atom is -0.220 e. The number of aromatic nitrogens is 2. The zero-order valence-corrected chi connectivity index (χ0v) is 10.2. The summed E-state index contributed by atoms with van der Waals surface area (Å²) in [5.74, 6) is -0.0227. The molecule has 0 amide bonds. The van der Waals surface area contributed by atoms with Crippen LogP contribution in [0.2, 0.25) is 10.3 Å². The molecule has 0 aliphatic carbocycles. The van der Waals surface area contributed by atoms with Crippen LogP contribution in [0, 0.1) is 0 Å². The number of hydrogen-bond acceptors (Lipinski definition) is 2. The lowest BCUT2D eigenvalue weighted by Crippen LogP contribution is -2.10. The molecule has 0 aromatic carbocycles. The van der Waals surface area contributed by atoms with E-state index in [0.29, 0.717) is 0 Å². The van der Waals surface area contributed by atoms with Crippen molar-refractivity contribution >= 4 is 39.1 Å². The molecular weight excluding hydrogens is 320 g/mol. The van der Waals surface area contributed by atoms with Crippen LogP contribution in [0.5, 0.6) is 0 Å². The summed E-state index contributed by atoms with van der Waals surface area (Å²) >= 11 is 14.2. The van der Waals surface area contributed by atoms with Crippen LogP contribution < -0.4 is 0 Å². The Bertz CT molecular complexity index is 347. The van der Waals surface area contributed by atoms with E-state index >= 15 is 0 Å². The largest absolute Gasteiger partial charge is 0.389 e. The summed E-state index contributed by atoms with van der Waals surface area (Å²) in [6, 6.07) is 0. The lowest BCUT2D eigenvalue weighted by atomic mass is 10.3. The summed E-state index contributed by atoms with van der Waals surface area (Å²) in [5, 5.41) is 0.0133. The molecule has 15 heavy (non-hydrogen) atoms. The Kier molecular flexibility index (Phi) is 4.20. The Hall–Kier alpha value is -0.0700. The first kappa shape index (κ1) is 13.0. The molecule has 0 unspecified atom stereocenters. The van der Waals surface area contributed by atoms with E-state index in [1.807, 2.05) is 0 Å². The molecule has 1 heterocycles. The van der Waals surface area contributed by atoms with E-state index in [1.165, 1.54) is 0 Å². The van der Waals surface area contributed by atoms with Crippen molar-refractivity contribution in [3.63, 3.8) is 0 Å². The number of hydrogen-bond donors (Lipinski definition) is 0. The second kappa shape index (κ2) is 4.84. The molecule has 0 saturated carbocycles. The molecule has 0 saturated heterocycles. The standard InChI is InChI=1S/C7H4BrCl2F3N2/c8-4-5(9)14-3(15-6(4)10)1-2-7(11,12)13/h1-2H2. The van der Waals surface area contributed by atoms with Crippen molar-refractivity contribution in [2.75, 3.05) is 0 Å². The minimum absolute atomic E-state index is 0.00664. The van der Waals surface area contributed by atoms with Crippen molar-refractivity contribution in [2.45, 2.75) is 19.0 Å². The van der Waals surface area contributed by atoms with Crippen molar-refractivity contribution in [1.82, 2.24) is 9.97 Å². The second-order valence-corrected chi connectivity index (χ2v) is 4.16.